The minimum Gasteiger partial charge on any atom is -0.477 e. The molecule has 3 rings (SSSR count). The number of aromatic nitrogens is 2. The Morgan fingerprint density at radius 2 is 2.39 bits per heavy atom. The Bertz CT molecular complexity index is 466. The minimum absolute atomic E-state index is 0.0406. The summed E-state index contributed by atoms with van der Waals surface area (Å²) in [5.74, 6) is 0.111. The summed E-state index contributed by atoms with van der Waals surface area (Å²) >= 11 is 0. The summed E-state index contributed by atoms with van der Waals surface area (Å²) in [5.41, 5.74) is 0.0406. The maximum absolute atomic E-state index is 10.9. The summed E-state index contributed by atoms with van der Waals surface area (Å²) in [4.78, 5) is 21.3. The Morgan fingerprint density at radius 3 is 3.22 bits per heavy atom. The molecule has 0 radical (unpaired) electrons. The van der Waals surface area contributed by atoms with Crippen LogP contribution in [-0.2, 0) is 4.74 Å². The van der Waals surface area contributed by atoms with E-state index in [4.69, 9.17) is 9.84 Å². The second-order valence-electron chi connectivity index (χ2n) is 4.82. The normalized spacial score (nSPS) is 27.0. The lowest BCUT2D eigenvalue weighted by Crippen LogP contribution is -2.50. The molecule has 2 bridgehead atoms. The molecule has 6 nitrogen and oxygen atoms in total. The van der Waals surface area contributed by atoms with Gasteiger partial charge in [-0.3, -0.25) is 0 Å². The summed E-state index contributed by atoms with van der Waals surface area (Å²) < 4.78 is 5.55. The smallest absolute Gasteiger partial charge is 0.354 e. The van der Waals surface area contributed by atoms with E-state index in [0.29, 0.717) is 18.5 Å². The van der Waals surface area contributed by atoms with E-state index in [1.54, 1.807) is 0 Å². The van der Waals surface area contributed by atoms with Crippen LogP contribution in [0.5, 0.6) is 0 Å². The lowest BCUT2D eigenvalue weighted by molar-refractivity contribution is 0.0221. The molecule has 1 N–H and O–H groups in total. The third-order valence-electron chi connectivity index (χ3n) is 3.61. The van der Waals surface area contributed by atoms with Gasteiger partial charge in [0.15, 0.2) is 5.69 Å². The van der Waals surface area contributed by atoms with Gasteiger partial charge in [-0.1, -0.05) is 0 Å². The van der Waals surface area contributed by atoms with E-state index in [2.05, 4.69) is 14.9 Å². The molecule has 2 atom stereocenters. The fourth-order valence-corrected chi connectivity index (χ4v) is 2.68. The van der Waals surface area contributed by atoms with Gasteiger partial charge in [0.05, 0.1) is 12.6 Å². The average Bonchev–Trinajstić information content (AvgIpc) is 2.39. The number of ether oxygens (including phenoxy) is 1. The van der Waals surface area contributed by atoms with Crippen LogP contribution in [0.4, 0.5) is 5.95 Å². The van der Waals surface area contributed by atoms with E-state index in [0.717, 1.165) is 26.0 Å². The lowest BCUT2D eigenvalue weighted by Gasteiger charge is -2.42. The third kappa shape index (κ3) is 2.03. The van der Waals surface area contributed by atoms with Crippen molar-refractivity contribution < 1.29 is 14.6 Å². The number of nitrogens with zero attached hydrogens (tertiary/aromatic N) is 3. The van der Waals surface area contributed by atoms with Crippen LogP contribution in [-0.4, -0.2) is 46.8 Å². The van der Waals surface area contributed by atoms with E-state index in [9.17, 15) is 4.79 Å². The van der Waals surface area contributed by atoms with Crippen LogP contribution < -0.4 is 4.90 Å². The zero-order valence-electron chi connectivity index (χ0n) is 9.95. The standard InChI is InChI=1S/C12H15N3O3/c16-11(17)10-1-3-13-12(14-10)15-4-2-8-5-9(15)7-18-6-8/h1,3,8-9H,2,4-7H2,(H,16,17). The predicted molar refractivity (Wildman–Crippen MR) is 63.7 cm³/mol. The van der Waals surface area contributed by atoms with Crippen molar-refractivity contribution in [1.29, 1.82) is 0 Å². The van der Waals surface area contributed by atoms with Crippen molar-refractivity contribution in [3.05, 3.63) is 18.0 Å². The van der Waals surface area contributed by atoms with E-state index < -0.39 is 5.97 Å². The average molecular weight is 249 g/mol. The zero-order chi connectivity index (χ0) is 12.5. The van der Waals surface area contributed by atoms with Crippen LogP contribution in [0.1, 0.15) is 23.3 Å². The summed E-state index contributed by atoms with van der Waals surface area (Å²) in [5, 5.41) is 8.95. The first-order valence-electron chi connectivity index (χ1n) is 6.15. The molecule has 2 unspecified atom stereocenters. The largest absolute Gasteiger partial charge is 0.477 e. The molecular weight excluding hydrogens is 234 g/mol. The monoisotopic (exact) mass is 249 g/mol. The molecule has 2 fully saturated rings. The van der Waals surface area contributed by atoms with Crippen molar-refractivity contribution in [2.24, 2.45) is 5.92 Å². The second-order valence-corrected chi connectivity index (χ2v) is 4.82. The molecule has 0 spiro atoms. The van der Waals surface area contributed by atoms with Crippen molar-refractivity contribution >= 4 is 11.9 Å². The van der Waals surface area contributed by atoms with Crippen LogP contribution in [0.15, 0.2) is 12.3 Å². The number of carboxylic acid groups (broad SMARTS) is 1. The highest BCUT2D eigenvalue weighted by Crippen LogP contribution is 2.29. The number of anilines is 1. The van der Waals surface area contributed by atoms with Gasteiger partial charge in [0.25, 0.3) is 0 Å². The van der Waals surface area contributed by atoms with Crippen LogP contribution in [0.25, 0.3) is 0 Å². The fourth-order valence-electron chi connectivity index (χ4n) is 2.68. The summed E-state index contributed by atoms with van der Waals surface area (Å²) in [6.07, 6.45) is 3.64. The van der Waals surface area contributed by atoms with E-state index in [1.165, 1.54) is 12.3 Å². The highest BCUT2D eigenvalue weighted by molar-refractivity contribution is 5.85. The van der Waals surface area contributed by atoms with Gasteiger partial charge in [-0.15, -0.1) is 0 Å². The number of hydrogen-bond donors (Lipinski definition) is 1. The molecule has 1 aromatic rings. The van der Waals surface area contributed by atoms with Crippen molar-refractivity contribution in [2.45, 2.75) is 18.9 Å². The van der Waals surface area contributed by atoms with Gasteiger partial charge < -0.3 is 14.7 Å². The van der Waals surface area contributed by atoms with Crippen molar-refractivity contribution in [3.63, 3.8) is 0 Å². The molecule has 96 valence electrons. The topological polar surface area (TPSA) is 75.5 Å². The molecule has 2 aliphatic rings. The van der Waals surface area contributed by atoms with Gasteiger partial charge in [-0.2, -0.15) is 0 Å². The van der Waals surface area contributed by atoms with E-state index >= 15 is 0 Å². The molecule has 3 heterocycles. The van der Waals surface area contributed by atoms with Crippen molar-refractivity contribution in [1.82, 2.24) is 9.97 Å². The third-order valence-corrected chi connectivity index (χ3v) is 3.61. The highest BCUT2D eigenvalue weighted by atomic mass is 16.5. The SMILES string of the molecule is O=C(O)c1ccnc(N2CCC3COCC2C3)n1. The Balaban J connectivity index is 1.85. The molecule has 0 aliphatic carbocycles. The lowest BCUT2D eigenvalue weighted by atomic mass is 9.90. The van der Waals surface area contributed by atoms with Gasteiger partial charge >= 0.3 is 5.97 Å². The number of aromatic carboxylic acids is 1. The summed E-state index contributed by atoms with van der Waals surface area (Å²) in [6, 6.07) is 1.69. The molecule has 0 saturated carbocycles. The Kier molecular flexibility index (Phi) is 2.87. The summed E-state index contributed by atoms with van der Waals surface area (Å²) in [7, 11) is 0. The maximum Gasteiger partial charge on any atom is 0.354 e. The van der Waals surface area contributed by atoms with Gasteiger partial charge in [0.1, 0.15) is 0 Å². The molecular formula is C12H15N3O3. The van der Waals surface area contributed by atoms with Crippen molar-refractivity contribution in [3.8, 4) is 0 Å². The predicted octanol–water partition coefficient (Wildman–Crippen LogP) is 0.790. The number of carbonyl (C=O) groups is 1. The fraction of sp³-hybridized carbons (Fsp3) is 0.583. The highest BCUT2D eigenvalue weighted by Gasteiger charge is 2.33. The van der Waals surface area contributed by atoms with Crippen LogP contribution >= 0.6 is 0 Å². The van der Waals surface area contributed by atoms with Crippen LogP contribution in [0.3, 0.4) is 0 Å². The first-order valence-corrected chi connectivity index (χ1v) is 6.15. The van der Waals surface area contributed by atoms with Crippen LogP contribution in [0.2, 0.25) is 0 Å². The van der Waals surface area contributed by atoms with Gasteiger partial charge in [0, 0.05) is 19.3 Å². The number of fused-ring (bicyclic) bond motifs is 2. The Morgan fingerprint density at radius 1 is 1.50 bits per heavy atom. The van der Waals surface area contributed by atoms with E-state index in [1.807, 2.05) is 0 Å². The molecule has 6 heteroatoms. The first kappa shape index (κ1) is 11.4. The quantitative estimate of drug-likeness (QED) is 0.835. The minimum atomic E-state index is -1.02. The molecule has 0 aromatic carbocycles. The molecule has 2 saturated heterocycles. The van der Waals surface area contributed by atoms with Gasteiger partial charge in [0.2, 0.25) is 5.95 Å². The number of hydrogen-bond acceptors (Lipinski definition) is 5. The molecule has 18 heavy (non-hydrogen) atoms. The number of rotatable bonds is 2. The van der Waals surface area contributed by atoms with E-state index in [-0.39, 0.29) is 11.7 Å². The molecule has 1 aromatic heterocycles. The maximum atomic E-state index is 10.9. The number of piperidine rings is 1. The molecule has 2 aliphatic heterocycles. The Labute approximate surface area is 105 Å². The first-order chi connectivity index (χ1) is 8.74. The summed E-state index contributed by atoms with van der Waals surface area (Å²) in [6.45, 7) is 2.40. The van der Waals surface area contributed by atoms with Crippen molar-refractivity contribution in [2.75, 3.05) is 24.7 Å². The van der Waals surface area contributed by atoms with Gasteiger partial charge in [-0.05, 0) is 24.8 Å². The molecule has 0 amide bonds. The number of carboxylic acids is 1. The second kappa shape index (κ2) is 4.53. The van der Waals surface area contributed by atoms with Crippen LogP contribution in [0, 0.1) is 5.92 Å². The Hall–Kier alpha value is -1.69. The zero-order valence-corrected chi connectivity index (χ0v) is 9.95. The van der Waals surface area contributed by atoms with Gasteiger partial charge in [-0.25, -0.2) is 14.8 Å².